The number of phenolic OH excluding ortho intramolecular Hbond substituents is 4. The highest BCUT2D eigenvalue weighted by Crippen LogP contribution is 2.51. The van der Waals surface area contributed by atoms with Crippen molar-refractivity contribution in [3.05, 3.63) is 176 Å². The molecule has 9 aliphatic rings. The molecule has 0 saturated carbocycles. The predicted octanol–water partition coefficient (Wildman–Crippen LogP) is 0.940. The summed E-state index contributed by atoms with van der Waals surface area (Å²) in [7, 11) is 0. The molecular weight excluding hydrogens is 1780 g/mol. The average molecular weight is 1880 g/mol. The molecule has 17 bridgehead atoms. The van der Waals surface area contributed by atoms with Crippen LogP contribution in [0.25, 0.3) is 11.1 Å². The standard InChI is InChI=1S/C88H95Cl2N9O33/c1-3-4-5-6-7-8-9-10-60(108)94-68-74(113)71(110)58(32-101)129-87(68)132-78-55-26-40-27-56(78)126-52-18-14-38(24-47(52)90)77(131-86-67(92-34(2)103)73(112)70(109)57(31-100)128-86)69-84(121)98-66(85(122)123)45-29-42(105)30-54(127-88-76(115)75(114)72(111)59(33-102)130-88)61(45)44-23-37(13-15-49(44)106)63(81(118)99-69)96-83(120)65(40)97-82(119)64-39-21-41(104)28-43(22-39)124-53-25-36(12-16-50(53)107)62(91)80(117)93-48(79(116)95-64)20-35-11-17-51(125-55)46(89)19-35/h7-8,11-19,21-30,48,57-59,62-77,86-88,100-102,104-107,109-115H,3-6,9-10,20,31-33,91H2,1-2H3,(H,92,103)(H,93,117)(H,94,108)(H,95,116)(H,96,120)(H,97,119)(H,98,121)(H,99,118)(H,122,123)/b8-7+/t48-,57-,58-,59-,62+,63-,64+,65-,66+,67-,68-,69+,70-,71-,72-,73-,74-,75+,76+,77-,86+,87+,88+/m1/s1. The number of nitrogens with one attached hydrogen (secondary N) is 8. The minimum absolute atomic E-state index is 0.0251. The van der Waals surface area contributed by atoms with Crippen molar-refractivity contribution < 1.29 is 162 Å². The van der Waals surface area contributed by atoms with Crippen molar-refractivity contribution in [2.45, 2.75) is 199 Å². The third kappa shape index (κ3) is 20.6. The lowest BCUT2D eigenvalue weighted by molar-refractivity contribution is -0.284. The van der Waals surface area contributed by atoms with E-state index >= 15 is 24.0 Å². The van der Waals surface area contributed by atoms with Crippen molar-refractivity contribution >= 4 is 76.4 Å². The Kier molecular flexibility index (Phi) is 29.6. The molecule has 8 amide bonds. The largest absolute Gasteiger partial charge is 0.508 e. The first-order valence-corrected chi connectivity index (χ1v) is 42.5. The molecule has 704 valence electrons. The zero-order valence-electron chi connectivity index (χ0n) is 69.9. The molecule has 0 spiro atoms. The molecule has 3 saturated heterocycles. The van der Waals surface area contributed by atoms with Crippen molar-refractivity contribution in [2.24, 2.45) is 5.73 Å². The fraction of sp³-hybridized carbons (Fsp3) is 0.398. The number of carbonyl (C=O) groups is 9. The van der Waals surface area contributed by atoms with E-state index < -0.39 is 316 Å². The first-order valence-electron chi connectivity index (χ1n) is 41.7. The third-order valence-electron chi connectivity index (χ3n) is 23.1. The second-order valence-corrected chi connectivity index (χ2v) is 33.2. The summed E-state index contributed by atoms with van der Waals surface area (Å²) in [6.07, 6.45) is -22.2. The number of nitrogens with two attached hydrogens (primary N) is 1. The fourth-order valence-corrected chi connectivity index (χ4v) is 16.7. The number of fused-ring (bicyclic) bond motifs is 14. The molecule has 3 fully saturated rings. The summed E-state index contributed by atoms with van der Waals surface area (Å²) in [5, 5.41) is 190. The maximum Gasteiger partial charge on any atom is 0.330 e. The van der Waals surface area contributed by atoms with E-state index in [2.05, 4.69) is 42.5 Å². The fourth-order valence-electron chi connectivity index (χ4n) is 16.2. The van der Waals surface area contributed by atoms with E-state index in [0.717, 1.165) is 111 Å². The van der Waals surface area contributed by atoms with Crippen LogP contribution in [-0.2, 0) is 68.5 Å². The van der Waals surface area contributed by atoms with Gasteiger partial charge in [0.05, 0.1) is 29.9 Å². The molecule has 9 aliphatic heterocycles. The normalized spacial score (nSPS) is 28.9. The number of hydrogen-bond donors (Lipinski definition) is 24. The molecule has 0 aromatic heterocycles. The predicted molar refractivity (Wildman–Crippen MR) is 453 cm³/mol. The molecule has 0 aliphatic carbocycles. The van der Waals surface area contributed by atoms with E-state index in [1.807, 2.05) is 13.0 Å². The van der Waals surface area contributed by atoms with Gasteiger partial charge in [-0.15, -0.1) is 0 Å². The number of benzene rings is 7. The number of amides is 8. The highest BCUT2D eigenvalue weighted by Gasteiger charge is 2.52. The van der Waals surface area contributed by atoms with Gasteiger partial charge in [-0.3, -0.25) is 38.4 Å². The molecule has 132 heavy (non-hydrogen) atoms. The van der Waals surface area contributed by atoms with Crippen LogP contribution in [0.4, 0.5) is 0 Å². The van der Waals surface area contributed by atoms with E-state index in [1.165, 1.54) is 30.3 Å². The van der Waals surface area contributed by atoms with Gasteiger partial charge in [0.15, 0.2) is 35.3 Å². The maximum atomic E-state index is 17.0. The summed E-state index contributed by atoms with van der Waals surface area (Å²) in [4.78, 5) is 138. The van der Waals surface area contributed by atoms with Gasteiger partial charge in [0.25, 0.3) is 0 Å². The Morgan fingerprint density at radius 3 is 1.70 bits per heavy atom. The number of aliphatic carboxylic acids is 1. The van der Waals surface area contributed by atoms with Crippen LogP contribution < -0.4 is 72.0 Å². The molecule has 0 unspecified atom stereocenters. The van der Waals surface area contributed by atoms with Gasteiger partial charge in [-0.2, -0.15) is 0 Å². The van der Waals surface area contributed by atoms with Gasteiger partial charge in [0.2, 0.25) is 65.6 Å². The molecule has 42 nitrogen and oxygen atoms in total. The van der Waals surface area contributed by atoms with Crippen molar-refractivity contribution in [3.63, 3.8) is 0 Å². The topological polar surface area (TPSA) is 662 Å². The highest BCUT2D eigenvalue weighted by atomic mass is 35.5. The first kappa shape index (κ1) is 95.8. The summed E-state index contributed by atoms with van der Waals surface area (Å²) >= 11 is 14.7. The van der Waals surface area contributed by atoms with Crippen molar-refractivity contribution in [1.29, 1.82) is 0 Å². The second kappa shape index (κ2) is 40.8. The number of phenols is 4. The Balaban J connectivity index is 1.04. The summed E-state index contributed by atoms with van der Waals surface area (Å²) < 4.78 is 57.4. The molecule has 0 radical (unpaired) electrons. The van der Waals surface area contributed by atoms with E-state index in [1.54, 1.807) is 6.08 Å². The van der Waals surface area contributed by atoms with Gasteiger partial charge in [-0.1, -0.05) is 79.4 Å². The summed E-state index contributed by atoms with van der Waals surface area (Å²) in [6.45, 7) is -0.149. The molecule has 7 aromatic carbocycles. The molecule has 25 N–H and O–H groups in total. The lowest BCUT2D eigenvalue weighted by Gasteiger charge is -2.44. The lowest BCUT2D eigenvalue weighted by Crippen LogP contribution is -2.65. The van der Waals surface area contributed by atoms with Gasteiger partial charge < -0.3 is 167 Å². The van der Waals surface area contributed by atoms with Crippen molar-refractivity contribution in [2.75, 3.05) is 19.8 Å². The molecule has 7 aromatic rings. The van der Waals surface area contributed by atoms with Crippen LogP contribution in [0.15, 0.2) is 127 Å². The molecule has 9 heterocycles. The Morgan fingerprint density at radius 1 is 0.508 bits per heavy atom. The van der Waals surface area contributed by atoms with Crippen LogP contribution in [0.5, 0.6) is 69.0 Å². The van der Waals surface area contributed by atoms with E-state index in [0.29, 0.717) is 6.42 Å². The Bertz CT molecular complexity index is 5600. The number of allylic oxidation sites excluding steroid dienone is 2. The quantitative estimate of drug-likeness (QED) is 0.0396. The number of aromatic hydroxyl groups is 4. The minimum Gasteiger partial charge on any atom is -0.508 e. The minimum atomic E-state index is -2.59. The van der Waals surface area contributed by atoms with Gasteiger partial charge in [-0.05, 0) is 132 Å². The first-order chi connectivity index (χ1) is 63.0. The molecule has 23 atom stereocenters. The number of carboxylic acids is 1. The molecule has 44 heteroatoms. The maximum absolute atomic E-state index is 17.0. The number of rotatable bonds is 19. The van der Waals surface area contributed by atoms with E-state index in [-0.39, 0.29) is 46.2 Å². The molecular formula is C88H95Cl2N9O33. The average Bonchev–Trinajstić information content (AvgIpc) is 0.757. The number of halogens is 2. The number of aliphatic hydroxyl groups excluding tert-OH is 10. The number of aliphatic hydroxyl groups is 10. The van der Waals surface area contributed by atoms with Crippen LogP contribution in [-0.4, -0.2) is 254 Å². The number of ether oxygens (including phenoxy) is 9. The van der Waals surface area contributed by atoms with Crippen LogP contribution in [0, 0.1) is 0 Å². The van der Waals surface area contributed by atoms with Gasteiger partial charge in [0.1, 0.15) is 156 Å². The summed E-state index contributed by atoms with van der Waals surface area (Å²) in [6, 6.07) is 0.558. The van der Waals surface area contributed by atoms with Gasteiger partial charge >= 0.3 is 5.97 Å². The van der Waals surface area contributed by atoms with Gasteiger partial charge in [0, 0.05) is 48.6 Å². The van der Waals surface area contributed by atoms with Crippen LogP contribution in [0.1, 0.15) is 128 Å². The van der Waals surface area contributed by atoms with Crippen LogP contribution >= 0.6 is 23.2 Å². The van der Waals surface area contributed by atoms with Crippen LogP contribution in [0.2, 0.25) is 10.0 Å². The SMILES string of the molecule is CCCCC/C=C/CCC(=O)N[C@H]1[C@H](Oc2c3cc4cc2Oc2ccc(cc2Cl)[C@@H](O[C@@H]2O[C@H](CO)[C@@H](O)[C@H](O)[C@H]2NC(C)=O)[C@@H]2NC(=O)[C@H](NC(=O)[C@@H]4NC(=O)[C@H]4NC(=O)[C@@H](Cc5ccc(c(Cl)c5)O3)NC(=O)[C@@H](N)c3ccc(O)c(c3)Oc3cc(O)cc4c3)c3ccc(O)c(c3)-c3c(O[C@H]4O[C@H](CO)[C@@H](O)[C@H](O)[C@@H]4O)cc(O)cc3[C@@H](C(=O)O)NC2=O)O[C@H](CO)[C@@H](O)[C@@H]1O. The smallest absolute Gasteiger partial charge is 0.330 e. The Labute approximate surface area is 759 Å². The van der Waals surface area contributed by atoms with Gasteiger partial charge in [-0.25, -0.2) is 4.79 Å². The zero-order valence-corrected chi connectivity index (χ0v) is 71.4. The van der Waals surface area contributed by atoms with Crippen LogP contribution in [0.3, 0.4) is 0 Å². The lowest BCUT2D eigenvalue weighted by atomic mass is 9.89. The third-order valence-corrected chi connectivity index (χ3v) is 23.7. The van der Waals surface area contributed by atoms with Crippen molar-refractivity contribution in [3.8, 4) is 80.1 Å². The van der Waals surface area contributed by atoms with E-state index in [4.69, 9.17) is 71.6 Å². The Hall–Kier alpha value is -12.3. The highest BCUT2D eigenvalue weighted by molar-refractivity contribution is 6.32. The van der Waals surface area contributed by atoms with Crippen molar-refractivity contribution in [1.82, 2.24) is 42.5 Å². The number of hydrogen-bond acceptors (Lipinski definition) is 33. The second-order valence-electron chi connectivity index (χ2n) is 32.3. The summed E-state index contributed by atoms with van der Waals surface area (Å²) in [5.74, 6) is -19.7. The molecule has 16 rings (SSSR count). The Morgan fingerprint density at radius 2 is 1.07 bits per heavy atom. The monoisotopic (exact) mass is 1880 g/mol. The number of unbranched alkanes of at least 4 members (excludes halogenated alkanes) is 3. The number of carboxylic acid groups (broad SMARTS) is 1. The zero-order chi connectivity index (χ0) is 94.7. The van der Waals surface area contributed by atoms with E-state index in [9.17, 15) is 95.8 Å². The summed E-state index contributed by atoms with van der Waals surface area (Å²) in [5.41, 5.74) is 2.76. The number of carbonyl (C=O) groups excluding carboxylic acids is 8.